The van der Waals surface area contributed by atoms with E-state index in [0.29, 0.717) is 5.92 Å². The smallest absolute Gasteiger partial charge is 0.0865 e. The predicted octanol–water partition coefficient (Wildman–Crippen LogP) is 4.48. The average molecular weight is 236 g/mol. The second-order valence-corrected chi connectivity index (χ2v) is 5.72. The summed E-state index contributed by atoms with van der Waals surface area (Å²) in [5, 5.41) is 10.2. The Bertz CT molecular complexity index is 286. The van der Waals surface area contributed by atoms with Gasteiger partial charge in [0, 0.05) is 5.92 Å². The van der Waals surface area contributed by atoms with Gasteiger partial charge in [-0.1, -0.05) is 70.3 Å². The maximum absolute atomic E-state index is 10.2. The maximum Gasteiger partial charge on any atom is 0.0865 e. The van der Waals surface area contributed by atoms with Gasteiger partial charge in [-0.25, -0.2) is 0 Å². The third-order valence-electron chi connectivity index (χ3n) is 4.16. The lowest BCUT2D eigenvalue weighted by atomic mass is 9.75. The van der Waals surface area contributed by atoms with E-state index in [4.69, 9.17) is 0 Å². The second kappa shape index (κ2) is 6.39. The third kappa shape index (κ3) is 3.99. The number of allylic oxidation sites excluding steroid dienone is 2. The summed E-state index contributed by atoms with van der Waals surface area (Å²) >= 11 is 0. The van der Waals surface area contributed by atoms with Crippen molar-refractivity contribution >= 4 is 0 Å². The van der Waals surface area contributed by atoms with E-state index >= 15 is 0 Å². The molecule has 1 aliphatic carbocycles. The van der Waals surface area contributed by atoms with Gasteiger partial charge in [-0.05, 0) is 19.3 Å². The first-order valence-corrected chi connectivity index (χ1v) is 7.10. The van der Waals surface area contributed by atoms with Crippen LogP contribution in [0.3, 0.4) is 0 Å². The van der Waals surface area contributed by atoms with Crippen molar-refractivity contribution in [3.63, 3.8) is 0 Å². The summed E-state index contributed by atoms with van der Waals surface area (Å²) in [4.78, 5) is 0. The molecule has 0 spiro atoms. The molecule has 1 nitrogen and oxygen atoms in total. The number of hydrogen-bond acceptors (Lipinski definition) is 1. The summed E-state index contributed by atoms with van der Waals surface area (Å²) in [6.45, 7) is 8.59. The highest BCUT2D eigenvalue weighted by molar-refractivity contribution is 5.28. The molecule has 1 rings (SSSR count). The van der Waals surface area contributed by atoms with Crippen molar-refractivity contribution in [1.29, 1.82) is 0 Å². The van der Waals surface area contributed by atoms with Crippen LogP contribution in [0.15, 0.2) is 23.8 Å². The minimum atomic E-state index is -0.665. The van der Waals surface area contributed by atoms with E-state index in [2.05, 4.69) is 26.8 Å². The van der Waals surface area contributed by atoms with Crippen LogP contribution in [0.2, 0.25) is 0 Å². The van der Waals surface area contributed by atoms with E-state index < -0.39 is 5.60 Å². The molecule has 0 radical (unpaired) electrons. The number of hydrogen-bond donors (Lipinski definition) is 1. The Balaban J connectivity index is 2.49. The quantitative estimate of drug-likeness (QED) is 0.674. The average Bonchev–Trinajstić information content (AvgIpc) is 2.28. The predicted molar refractivity (Wildman–Crippen MR) is 74.9 cm³/mol. The molecule has 0 saturated carbocycles. The molecule has 0 aromatic carbocycles. The first-order valence-electron chi connectivity index (χ1n) is 7.10. The lowest BCUT2D eigenvalue weighted by Crippen LogP contribution is -2.34. The lowest BCUT2D eigenvalue weighted by molar-refractivity contribution is 0.0636. The molecule has 3 unspecified atom stereocenters. The molecule has 0 heterocycles. The molecule has 17 heavy (non-hydrogen) atoms. The molecule has 1 N–H and O–H groups in total. The van der Waals surface area contributed by atoms with Crippen molar-refractivity contribution in [1.82, 2.24) is 0 Å². The van der Waals surface area contributed by atoms with Gasteiger partial charge in [-0.15, -0.1) is 0 Å². The van der Waals surface area contributed by atoms with Gasteiger partial charge in [-0.3, -0.25) is 0 Å². The van der Waals surface area contributed by atoms with Crippen LogP contribution in [0.5, 0.6) is 0 Å². The van der Waals surface area contributed by atoms with Gasteiger partial charge in [0.1, 0.15) is 0 Å². The Morgan fingerprint density at radius 1 is 1.35 bits per heavy atom. The summed E-state index contributed by atoms with van der Waals surface area (Å²) in [5.74, 6) is 0.840. The minimum Gasteiger partial charge on any atom is -0.385 e. The molecule has 3 atom stereocenters. The highest BCUT2D eigenvalue weighted by Gasteiger charge is 2.31. The zero-order chi connectivity index (χ0) is 12.9. The number of unbranched alkanes of at least 4 members (excludes halogenated alkanes) is 3. The Morgan fingerprint density at radius 2 is 2.06 bits per heavy atom. The van der Waals surface area contributed by atoms with Crippen molar-refractivity contribution in [3.8, 4) is 0 Å². The largest absolute Gasteiger partial charge is 0.385 e. The second-order valence-electron chi connectivity index (χ2n) is 5.72. The Labute approximate surface area is 107 Å². The first-order chi connectivity index (χ1) is 7.99. The van der Waals surface area contributed by atoms with E-state index in [-0.39, 0.29) is 5.92 Å². The minimum absolute atomic E-state index is 0.244. The summed E-state index contributed by atoms with van der Waals surface area (Å²) in [6, 6.07) is 0. The highest BCUT2D eigenvalue weighted by Crippen LogP contribution is 2.35. The molecular weight excluding hydrogens is 208 g/mol. The normalized spacial score (nSPS) is 30.2. The molecule has 0 amide bonds. The van der Waals surface area contributed by atoms with Crippen molar-refractivity contribution in [3.05, 3.63) is 23.8 Å². The molecule has 1 aliphatic rings. The Kier molecular flexibility index (Phi) is 5.45. The van der Waals surface area contributed by atoms with Gasteiger partial charge in [0.25, 0.3) is 0 Å². The van der Waals surface area contributed by atoms with Gasteiger partial charge in [0.2, 0.25) is 0 Å². The van der Waals surface area contributed by atoms with Crippen molar-refractivity contribution < 1.29 is 5.11 Å². The van der Waals surface area contributed by atoms with Gasteiger partial charge in [0.05, 0.1) is 5.60 Å². The van der Waals surface area contributed by atoms with Crippen LogP contribution in [0.25, 0.3) is 0 Å². The van der Waals surface area contributed by atoms with E-state index in [1.165, 1.54) is 37.7 Å². The number of rotatable bonds is 6. The van der Waals surface area contributed by atoms with Crippen molar-refractivity contribution in [2.24, 2.45) is 11.8 Å². The summed E-state index contributed by atoms with van der Waals surface area (Å²) < 4.78 is 0. The molecule has 98 valence electrons. The topological polar surface area (TPSA) is 20.2 Å². The molecular formula is C16H28O. The van der Waals surface area contributed by atoms with Crippen LogP contribution >= 0.6 is 0 Å². The zero-order valence-corrected chi connectivity index (χ0v) is 11.9. The van der Waals surface area contributed by atoms with Crippen LogP contribution in [-0.2, 0) is 0 Å². The molecule has 0 aromatic rings. The van der Waals surface area contributed by atoms with Crippen LogP contribution in [-0.4, -0.2) is 10.7 Å². The van der Waals surface area contributed by atoms with Crippen molar-refractivity contribution in [2.45, 2.75) is 65.4 Å². The third-order valence-corrected chi connectivity index (χ3v) is 4.16. The van der Waals surface area contributed by atoms with Crippen LogP contribution < -0.4 is 0 Å². The Morgan fingerprint density at radius 3 is 2.71 bits per heavy atom. The number of aliphatic hydroxyl groups is 1. The fourth-order valence-electron chi connectivity index (χ4n) is 2.62. The SMILES string of the molecule is CCCCCCC(C)C1=CC=CC(C)(O)C1C. The zero-order valence-electron chi connectivity index (χ0n) is 11.9. The molecule has 0 saturated heterocycles. The van der Waals surface area contributed by atoms with E-state index in [1.807, 2.05) is 19.1 Å². The molecule has 0 aromatic heterocycles. The van der Waals surface area contributed by atoms with Gasteiger partial charge in [-0.2, -0.15) is 0 Å². The molecule has 0 bridgehead atoms. The van der Waals surface area contributed by atoms with Gasteiger partial charge in [0.15, 0.2) is 0 Å². The van der Waals surface area contributed by atoms with E-state index in [1.54, 1.807) is 0 Å². The Hall–Kier alpha value is -0.560. The summed E-state index contributed by atoms with van der Waals surface area (Å²) in [5.41, 5.74) is 0.746. The fourth-order valence-corrected chi connectivity index (χ4v) is 2.62. The fraction of sp³-hybridized carbons (Fsp3) is 0.750. The van der Waals surface area contributed by atoms with Crippen molar-refractivity contribution in [2.75, 3.05) is 0 Å². The molecule has 1 heteroatoms. The highest BCUT2D eigenvalue weighted by atomic mass is 16.3. The monoisotopic (exact) mass is 236 g/mol. The van der Waals surface area contributed by atoms with Crippen LogP contribution in [0.1, 0.15) is 59.8 Å². The molecule has 0 fully saturated rings. The van der Waals surface area contributed by atoms with E-state index in [0.717, 1.165) is 0 Å². The van der Waals surface area contributed by atoms with Crippen LogP contribution in [0.4, 0.5) is 0 Å². The first kappa shape index (κ1) is 14.5. The van der Waals surface area contributed by atoms with Crippen LogP contribution in [0, 0.1) is 11.8 Å². The summed E-state index contributed by atoms with van der Waals surface area (Å²) in [6.07, 6.45) is 12.7. The standard InChI is InChI=1S/C16H28O/c1-5-6-7-8-10-13(2)15-11-9-12-16(4,17)14(15)3/h9,11-14,17H,5-8,10H2,1-4H3. The molecule has 0 aliphatic heterocycles. The summed E-state index contributed by atoms with van der Waals surface area (Å²) in [7, 11) is 0. The maximum atomic E-state index is 10.2. The van der Waals surface area contributed by atoms with Gasteiger partial charge < -0.3 is 5.11 Å². The van der Waals surface area contributed by atoms with E-state index in [9.17, 15) is 5.11 Å². The van der Waals surface area contributed by atoms with Gasteiger partial charge >= 0.3 is 0 Å². The lowest BCUT2D eigenvalue weighted by Gasteiger charge is -2.34.